The summed E-state index contributed by atoms with van der Waals surface area (Å²) in [5, 5.41) is 0. The van der Waals surface area contributed by atoms with Crippen molar-refractivity contribution in [3.05, 3.63) is 17.6 Å². The number of rotatable bonds is 4. The Morgan fingerprint density at radius 2 is 0.500 bits per heavy atom. The Balaban J connectivity index is 4.00. The molecule has 6 heteroatoms. The molecule has 0 radical (unpaired) electrons. The van der Waals surface area contributed by atoms with E-state index in [9.17, 15) is 9.59 Å². The first-order valence-electron chi connectivity index (χ1n) is 8.91. The average molecular weight is 575 g/mol. The summed E-state index contributed by atoms with van der Waals surface area (Å²) < 4.78 is 4.16. The second kappa shape index (κ2) is 6.86. The molecule has 0 bridgehead atoms. The number of hydrogen-bond acceptors (Lipinski definition) is 2. The zero-order valence-electron chi connectivity index (χ0n) is 17.8. The predicted molar refractivity (Wildman–Crippen MR) is 117 cm³/mol. The third-order valence-electron chi connectivity index (χ3n) is 4.41. The Morgan fingerprint density at radius 3 is 0.583 bits per heavy atom. The van der Waals surface area contributed by atoms with Crippen LogP contribution in [0.1, 0.15) is 0 Å². The summed E-state index contributed by atoms with van der Waals surface area (Å²) in [5.41, 5.74) is 0. The van der Waals surface area contributed by atoms with Gasteiger partial charge in [-0.1, -0.05) is 0 Å². The molecule has 0 atom stereocenters. The molecule has 24 heavy (non-hydrogen) atoms. The molecule has 2 nitrogen and oxygen atoms in total. The fourth-order valence-electron chi connectivity index (χ4n) is 3.57. The molecule has 0 unspecified atom stereocenters. The molecule has 0 aromatic carbocycles. The molecule has 1 aliphatic carbocycles. The van der Waals surface area contributed by atoms with E-state index in [1.54, 1.807) is 0 Å². The summed E-state index contributed by atoms with van der Waals surface area (Å²) in [6.45, 7) is 0. The van der Waals surface area contributed by atoms with Crippen LogP contribution in [0.5, 0.6) is 0 Å². The van der Waals surface area contributed by atoms with Crippen molar-refractivity contribution in [1.29, 1.82) is 0 Å². The van der Waals surface area contributed by atoms with Crippen molar-refractivity contribution in [3.8, 4) is 0 Å². The number of carbonyl (C=O) groups is 2. The normalized spacial score (nSPS) is 18.7. The van der Waals surface area contributed by atoms with E-state index in [-0.39, 0.29) is 0 Å². The van der Waals surface area contributed by atoms with Crippen LogP contribution in [0.25, 0.3) is 0 Å². The van der Waals surface area contributed by atoms with Crippen molar-refractivity contribution >= 4 is 64.6 Å². The fraction of sp³-hybridized carbons (Fsp3) is 0.667. The van der Waals surface area contributed by atoms with Crippen LogP contribution in [0.15, 0.2) is 17.6 Å². The Bertz CT molecular complexity index is 532. The number of allylic oxidation sites excluding steroid dienone is 4. The molecule has 0 N–H and O–H groups in total. The summed E-state index contributed by atoms with van der Waals surface area (Å²) >= 11 is -9.73. The van der Waals surface area contributed by atoms with Crippen molar-refractivity contribution in [2.24, 2.45) is 0 Å². The molecule has 0 aromatic rings. The van der Waals surface area contributed by atoms with Gasteiger partial charge in [0.2, 0.25) is 0 Å². The monoisotopic (exact) mass is 580 g/mol. The Hall–Kier alpha value is 0.991. The first-order valence-corrected chi connectivity index (χ1v) is 38.3. The fourth-order valence-corrected chi connectivity index (χ4v) is 35.0. The molecule has 1 rings (SSSR count). The number of Topliss-reactive ketones (excluding diaryl/α,β-unsaturated/α-hetero) is 2. The number of ketones is 2. The molecular formula is C18H36Ge4O2. The van der Waals surface area contributed by atoms with Crippen molar-refractivity contribution in [1.82, 2.24) is 0 Å². The molecule has 136 valence electrons. The van der Waals surface area contributed by atoms with E-state index >= 15 is 0 Å². The molecule has 0 aliphatic heterocycles. The van der Waals surface area contributed by atoms with E-state index in [1.807, 2.05) is 0 Å². The molecule has 0 heterocycles. The van der Waals surface area contributed by atoms with E-state index in [4.69, 9.17) is 0 Å². The van der Waals surface area contributed by atoms with E-state index in [0.717, 1.165) is 17.6 Å². The van der Waals surface area contributed by atoms with E-state index < -0.39 is 53.1 Å². The van der Waals surface area contributed by atoms with Gasteiger partial charge in [0.25, 0.3) is 0 Å². The average Bonchev–Trinajstić information content (AvgIpc) is 2.24. The van der Waals surface area contributed by atoms with Gasteiger partial charge in [-0.15, -0.1) is 0 Å². The van der Waals surface area contributed by atoms with Crippen molar-refractivity contribution in [3.63, 3.8) is 0 Å². The van der Waals surface area contributed by atoms with Crippen LogP contribution in [-0.2, 0) is 9.59 Å². The van der Waals surface area contributed by atoms with Gasteiger partial charge in [-0.2, -0.15) is 0 Å². The van der Waals surface area contributed by atoms with Gasteiger partial charge in [0.15, 0.2) is 0 Å². The summed E-state index contributed by atoms with van der Waals surface area (Å²) in [6.07, 6.45) is 0. The van der Waals surface area contributed by atoms with Gasteiger partial charge in [-0.25, -0.2) is 0 Å². The molecule has 1 aliphatic rings. The number of hydrogen-bond donors (Lipinski definition) is 0. The Labute approximate surface area is 159 Å². The summed E-state index contributed by atoms with van der Waals surface area (Å²) in [7, 11) is 0. The third-order valence-corrected chi connectivity index (χ3v) is 23.2. The van der Waals surface area contributed by atoms with Crippen LogP contribution in [0.4, 0.5) is 0 Å². The Morgan fingerprint density at radius 1 is 0.375 bits per heavy atom. The van der Waals surface area contributed by atoms with Crippen LogP contribution >= 0.6 is 0 Å². The van der Waals surface area contributed by atoms with E-state index in [0.29, 0.717) is 11.6 Å². The molecular weight excluding hydrogens is 539 g/mol. The van der Waals surface area contributed by atoms with E-state index in [2.05, 4.69) is 69.1 Å². The van der Waals surface area contributed by atoms with Crippen LogP contribution in [0, 0.1) is 0 Å². The first kappa shape index (κ1) is 23.0. The second-order valence-electron chi connectivity index (χ2n) is 11.2. The van der Waals surface area contributed by atoms with Gasteiger partial charge in [-0.3, -0.25) is 0 Å². The number of carbonyl (C=O) groups excluding carboxylic acids is 2. The minimum atomic E-state index is -2.43. The van der Waals surface area contributed by atoms with Crippen LogP contribution < -0.4 is 0 Å². The van der Waals surface area contributed by atoms with Crippen LogP contribution in [0.2, 0.25) is 69.1 Å². The van der Waals surface area contributed by atoms with Crippen molar-refractivity contribution in [2.45, 2.75) is 69.1 Å². The van der Waals surface area contributed by atoms with Crippen LogP contribution in [0.3, 0.4) is 0 Å². The molecule has 0 aromatic heterocycles. The van der Waals surface area contributed by atoms with Gasteiger partial charge < -0.3 is 0 Å². The maximum absolute atomic E-state index is 13.8. The quantitative estimate of drug-likeness (QED) is 0.340. The summed E-state index contributed by atoms with van der Waals surface area (Å²) in [4.78, 5) is 27.5. The molecule has 0 saturated carbocycles. The van der Waals surface area contributed by atoms with Gasteiger partial charge in [0.05, 0.1) is 0 Å². The zero-order valence-corrected chi connectivity index (χ0v) is 26.2. The van der Waals surface area contributed by atoms with E-state index in [1.165, 1.54) is 0 Å². The molecule has 0 fully saturated rings. The Kier molecular flexibility index (Phi) is 6.58. The topological polar surface area (TPSA) is 34.1 Å². The van der Waals surface area contributed by atoms with Gasteiger partial charge in [0.1, 0.15) is 0 Å². The van der Waals surface area contributed by atoms with Crippen molar-refractivity contribution in [2.75, 3.05) is 0 Å². The van der Waals surface area contributed by atoms with Gasteiger partial charge >= 0.3 is 161 Å². The first-order chi connectivity index (χ1) is 10.3. The standard InChI is InChI=1S/C18H36Ge4O2/c1-19(2,3)13-14(20(4,5)6)18(24)16(22(10,11)12)15(17(13)23)21(7,8)9/h1-12H3. The maximum atomic E-state index is 13.8. The molecule has 0 saturated heterocycles. The predicted octanol–water partition coefficient (Wildman–Crippen LogP) is 5.24. The summed E-state index contributed by atoms with van der Waals surface area (Å²) in [5.74, 6) is 28.0. The van der Waals surface area contributed by atoms with Gasteiger partial charge in [-0.05, 0) is 0 Å². The molecule has 0 spiro atoms. The van der Waals surface area contributed by atoms with Crippen molar-refractivity contribution < 1.29 is 9.59 Å². The minimum absolute atomic E-state index is 0.320. The third kappa shape index (κ3) is 4.63. The van der Waals surface area contributed by atoms with Gasteiger partial charge in [0, 0.05) is 0 Å². The SMILES string of the molecule is [CH3][Ge]([CH3])([CH3])[C]1=[C]([Ge]([CH3])([CH3])[CH3])C(=O)[C]([Ge]([CH3])([CH3])[CH3])=[C]([Ge]([CH3])([CH3])[CH3])C1=O. The summed E-state index contributed by atoms with van der Waals surface area (Å²) in [6, 6.07) is 0. The van der Waals surface area contributed by atoms with Crippen LogP contribution in [-0.4, -0.2) is 64.6 Å². The second-order valence-corrected chi connectivity index (χ2v) is 53.1. The zero-order chi connectivity index (χ0) is 19.5. The molecule has 0 amide bonds.